The summed E-state index contributed by atoms with van der Waals surface area (Å²) in [6.07, 6.45) is 1.31. The number of carboxylic acids is 1. The molecular weight excluding hydrogens is 156 g/mol. The lowest BCUT2D eigenvalue weighted by Crippen LogP contribution is -2.08. The van der Waals surface area contributed by atoms with Gasteiger partial charge in [0, 0.05) is 12.2 Å². The van der Waals surface area contributed by atoms with Crippen molar-refractivity contribution in [3.05, 3.63) is 29.6 Å². The minimum Gasteiger partial charge on any atom is -0.478 e. The van der Waals surface area contributed by atoms with Gasteiger partial charge in [-0.05, 0) is 19.1 Å². The number of carboxylic acid groups (broad SMARTS) is 1. The second-order valence-electron chi connectivity index (χ2n) is 2.57. The van der Waals surface area contributed by atoms with Gasteiger partial charge in [0.2, 0.25) is 0 Å². The van der Waals surface area contributed by atoms with Crippen molar-refractivity contribution < 1.29 is 9.90 Å². The van der Waals surface area contributed by atoms with Crippen molar-refractivity contribution in [3.8, 4) is 0 Å². The van der Waals surface area contributed by atoms with Gasteiger partial charge in [-0.2, -0.15) is 0 Å². The van der Waals surface area contributed by atoms with Crippen LogP contribution in [0.15, 0.2) is 18.3 Å². The largest absolute Gasteiger partial charge is 0.478 e. The number of aromatic carboxylic acids is 1. The van der Waals surface area contributed by atoms with Crippen LogP contribution in [0.4, 0.5) is 0 Å². The highest BCUT2D eigenvalue weighted by molar-refractivity contribution is 5.87. The van der Waals surface area contributed by atoms with Crippen molar-refractivity contribution in [3.63, 3.8) is 0 Å². The Morgan fingerprint density at radius 3 is 2.67 bits per heavy atom. The summed E-state index contributed by atoms with van der Waals surface area (Å²) in [7, 11) is 0. The average molecular weight is 166 g/mol. The van der Waals surface area contributed by atoms with Gasteiger partial charge in [-0.1, -0.05) is 0 Å². The summed E-state index contributed by atoms with van der Waals surface area (Å²) < 4.78 is 0. The Morgan fingerprint density at radius 1 is 1.67 bits per heavy atom. The predicted molar refractivity (Wildman–Crippen MR) is 43.8 cm³/mol. The van der Waals surface area contributed by atoms with E-state index in [1.165, 1.54) is 12.3 Å². The fourth-order valence-electron chi connectivity index (χ4n) is 0.801. The van der Waals surface area contributed by atoms with Gasteiger partial charge in [0.15, 0.2) is 0 Å². The molecule has 4 heteroatoms. The number of pyridine rings is 1. The molecule has 0 spiro atoms. The molecule has 1 aromatic heterocycles. The van der Waals surface area contributed by atoms with Crippen LogP contribution < -0.4 is 5.73 Å². The maximum Gasteiger partial charge on any atom is 0.337 e. The molecule has 3 N–H and O–H groups in total. The molecule has 0 fully saturated rings. The highest BCUT2D eigenvalue weighted by Gasteiger charge is 2.04. The van der Waals surface area contributed by atoms with Crippen molar-refractivity contribution in [2.75, 3.05) is 0 Å². The Labute approximate surface area is 70.0 Å². The van der Waals surface area contributed by atoms with E-state index >= 15 is 0 Å². The highest BCUT2D eigenvalue weighted by Crippen LogP contribution is 2.06. The Kier molecular flexibility index (Phi) is 2.40. The van der Waals surface area contributed by atoms with Gasteiger partial charge in [-0.25, -0.2) is 4.79 Å². The van der Waals surface area contributed by atoms with Crippen molar-refractivity contribution in [2.24, 2.45) is 5.73 Å². The SMILES string of the molecule is C[C@H](N)c1ccc(C(=O)O)cn1. The van der Waals surface area contributed by atoms with E-state index in [9.17, 15) is 4.79 Å². The van der Waals surface area contributed by atoms with E-state index in [0.717, 1.165) is 0 Å². The van der Waals surface area contributed by atoms with Crippen LogP contribution in [0, 0.1) is 0 Å². The minimum absolute atomic E-state index is 0.159. The maximum atomic E-state index is 10.4. The summed E-state index contributed by atoms with van der Waals surface area (Å²) in [5.74, 6) is -0.973. The normalized spacial score (nSPS) is 12.5. The third-order valence-electron chi connectivity index (χ3n) is 1.50. The van der Waals surface area contributed by atoms with Crippen LogP contribution in [-0.2, 0) is 0 Å². The molecule has 12 heavy (non-hydrogen) atoms. The molecule has 0 aliphatic carbocycles. The van der Waals surface area contributed by atoms with Gasteiger partial charge in [-0.15, -0.1) is 0 Å². The van der Waals surface area contributed by atoms with Crippen LogP contribution in [0.3, 0.4) is 0 Å². The molecule has 64 valence electrons. The smallest absolute Gasteiger partial charge is 0.337 e. The van der Waals surface area contributed by atoms with Gasteiger partial charge >= 0.3 is 5.97 Å². The number of nitrogens with two attached hydrogens (primary N) is 1. The molecule has 1 heterocycles. The summed E-state index contributed by atoms with van der Waals surface area (Å²) in [6, 6.07) is 2.95. The standard InChI is InChI=1S/C8H10N2O2/c1-5(9)7-3-2-6(4-10-7)8(11)12/h2-5H,9H2,1H3,(H,11,12)/t5-/m0/s1. The molecule has 0 saturated carbocycles. The number of aromatic nitrogens is 1. The molecule has 0 unspecified atom stereocenters. The van der Waals surface area contributed by atoms with Crippen molar-refractivity contribution >= 4 is 5.97 Å². The summed E-state index contributed by atoms with van der Waals surface area (Å²) in [5, 5.41) is 8.54. The summed E-state index contributed by atoms with van der Waals surface area (Å²) >= 11 is 0. The minimum atomic E-state index is -0.973. The lowest BCUT2D eigenvalue weighted by Gasteiger charge is -2.03. The number of nitrogens with zero attached hydrogens (tertiary/aromatic N) is 1. The average Bonchev–Trinajstić information content (AvgIpc) is 2.04. The Balaban J connectivity index is 2.93. The summed E-state index contributed by atoms with van der Waals surface area (Å²) in [6.45, 7) is 1.79. The molecule has 0 aliphatic rings. The first-order valence-corrected chi connectivity index (χ1v) is 3.56. The summed E-state index contributed by atoms with van der Waals surface area (Å²) in [4.78, 5) is 14.3. The molecule has 1 rings (SSSR count). The molecule has 0 bridgehead atoms. The maximum absolute atomic E-state index is 10.4. The van der Waals surface area contributed by atoms with Crippen LogP contribution in [-0.4, -0.2) is 16.1 Å². The topological polar surface area (TPSA) is 76.2 Å². The van der Waals surface area contributed by atoms with E-state index < -0.39 is 5.97 Å². The Morgan fingerprint density at radius 2 is 2.33 bits per heavy atom. The van der Waals surface area contributed by atoms with E-state index in [2.05, 4.69) is 4.98 Å². The third-order valence-corrected chi connectivity index (χ3v) is 1.50. The Bertz CT molecular complexity index is 280. The second kappa shape index (κ2) is 3.32. The number of rotatable bonds is 2. The first-order chi connectivity index (χ1) is 5.61. The van der Waals surface area contributed by atoms with Crippen LogP contribution in [0.1, 0.15) is 29.0 Å². The summed E-state index contributed by atoms with van der Waals surface area (Å²) in [5.41, 5.74) is 6.40. The van der Waals surface area contributed by atoms with Gasteiger partial charge in [-0.3, -0.25) is 4.98 Å². The molecule has 0 aromatic carbocycles. The first kappa shape index (κ1) is 8.67. The van der Waals surface area contributed by atoms with E-state index in [4.69, 9.17) is 10.8 Å². The van der Waals surface area contributed by atoms with Crippen LogP contribution >= 0.6 is 0 Å². The lowest BCUT2D eigenvalue weighted by molar-refractivity contribution is 0.0696. The predicted octanol–water partition coefficient (Wildman–Crippen LogP) is 0.800. The molecule has 0 aliphatic heterocycles. The second-order valence-corrected chi connectivity index (χ2v) is 2.57. The van der Waals surface area contributed by atoms with E-state index in [0.29, 0.717) is 5.69 Å². The molecule has 0 radical (unpaired) electrons. The number of hydrogen-bond acceptors (Lipinski definition) is 3. The van der Waals surface area contributed by atoms with Crippen molar-refractivity contribution in [1.29, 1.82) is 0 Å². The fraction of sp³-hybridized carbons (Fsp3) is 0.250. The monoisotopic (exact) mass is 166 g/mol. The van der Waals surface area contributed by atoms with E-state index in [-0.39, 0.29) is 11.6 Å². The zero-order valence-corrected chi connectivity index (χ0v) is 6.69. The molecular formula is C8H10N2O2. The van der Waals surface area contributed by atoms with Crippen LogP contribution in [0.2, 0.25) is 0 Å². The van der Waals surface area contributed by atoms with Crippen LogP contribution in [0.5, 0.6) is 0 Å². The highest BCUT2D eigenvalue weighted by atomic mass is 16.4. The molecule has 1 aromatic rings. The molecule has 0 saturated heterocycles. The van der Waals surface area contributed by atoms with Crippen molar-refractivity contribution in [2.45, 2.75) is 13.0 Å². The number of hydrogen-bond donors (Lipinski definition) is 2. The van der Waals surface area contributed by atoms with Gasteiger partial charge in [0.25, 0.3) is 0 Å². The lowest BCUT2D eigenvalue weighted by atomic mass is 10.2. The first-order valence-electron chi connectivity index (χ1n) is 3.56. The van der Waals surface area contributed by atoms with Gasteiger partial charge < -0.3 is 10.8 Å². The fourth-order valence-corrected chi connectivity index (χ4v) is 0.801. The molecule has 0 amide bonds. The third kappa shape index (κ3) is 1.79. The van der Waals surface area contributed by atoms with Gasteiger partial charge in [0.1, 0.15) is 0 Å². The zero-order valence-electron chi connectivity index (χ0n) is 6.69. The number of carbonyl (C=O) groups is 1. The zero-order chi connectivity index (χ0) is 9.14. The van der Waals surface area contributed by atoms with E-state index in [1.54, 1.807) is 13.0 Å². The Hall–Kier alpha value is -1.42. The van der Waals surface area contributed by atoms with Crippen molar-refractivity contribution in [1.82, 2.24) is 4.98 Å². The van der Waals surface area contributed by atoms with Crippen LogP contribution in [0.25, 0.3) is 0 Å². The molecule has 1 atom stereocenters. The quantitative estimate of drug-likeness (QED) is 0.681. The van der Waals surface area contributed by atoms with E-state index in [1.807, 2.05) is 0 Å². The molecule has 4 nitrogen and oxygen atoms in total. The van der Waals surface area contributed by atoms with Gasteiger partial charge in [0.05, 0.1) is 11.3 Å².